The molecule has 5 N–H and O–H groups in total. The molecular weight excluding hydrogens is 344 g/mol. The maximum absolute atomic E-state index is 8.18. The zero-order valence-corrected chi connectivity index (χ0v) is 16.0. The summed E-state index contributed by atoms with van der Waals surface area (Å²) in [4.78, 5) is 0. The molecule has 0 spiro atoms. The van der Waals surface area contributed by atoms with Gasteiger partial charge in [0.1, 0.15) is 0 Å². The van der Waals surface area contributed by atoms with Crippen LogP contribution in [-0.2, 0) is 6.54 Å². The highest BCUT2D eigenvalue weighted by molar-refractivity contribution is 6.05. The molecule has 0 atom stereocenters. The van der Waals surface area contributed by atoms with E-state index >= 15 is 0 Å². The second-order valence-electron chi connectivity index (χ2n) is 7.25. The second kappa shape index (κ2) is 7.87. The van der Waals surface area contributed by atoms with Crippen LogP contribution in [-0.4, -0.2) is 11.1 Å². The van der Waals surface area contributed by atoms with Crippen molar-refractivity contribution in [3.05, 3.63) is 72.1 Å². The molecule has 2 aromatic carbocycles. The first-order valence-corrected chi connectivity index (χ1v) is 9.85. The second-order valence-corrected chi connectivity index (χ2v) is 7.25. The molecule has 0 unspecified atom stereocenters. The zero-order valence-electron chi connectivity index (χ0n) is 16.0. The molecule has 1 heterocycles. The Labute approximate surface area is 165 Å². The molecule has 0 aromatic heterocycles. The van der Waals surface area contributed by atoms with Crippen molar-refractivity contribution in [1.82, 2.24) is 4.57 Å². The van der Waals surface area contributed by atoms with Crippen molar-refractivity contribution in [1.29, 1.82) is 5.41 Å². The Hall–Kier alpha value is -3.11. The molecule has 4 heteroatoms. The fourth-order valence-corrected chi connectivity index (χ4v) is 3.97. The lowest BCUT2D eigenvalue weighted by atomic mass is 9.94. The van der Waals surface area contributed by atoms with E-state index in [1.54, 1.807) is 0 Å². The van der Waals surface area contributed by atoms with Crippen LogP contribution in [0.2, 0.25) is 0 Å². The molecular formula is C24H26N4. The fourth-order valence-electron chi connectivity index (χ4n) is 3.97. The van der Waals surface area contributed by atoms with Crippen LogP contribution in [0.25, 0.3) is 33.3 Å². The Bertz CT molecular complexity index is 1130. The van der Waals surface area contributed by atoms with Gasteiger partial charge in [-0.15, -0.1) is 0 Å². The summed E-state index contributed by atoms with van der Waals surface area (Å²) >= 11 is 0. The van der Waals surface area contributed by atoms with Crippen molar-refractivity contribution in [3.63, 3.8) is 0 Å². The molecule has 142 valence electrons. The summed E-state index contributed by atoms with van der Waals surface area (Å²) in [5, 5.41) is 11.0. The summed E-state index contributed by atoms with van der Waals surface area (Å²) in [6.45, 7) is 1.61. The number of benzene rings is 3. The van der Waals surface area contributed by atoms with Crippen LogP contribution in [0.4, 0.5) is 5.69 Å². The Balaban J connectivity index is 2.06. The van der Waals surface area contributed by atoms with E-state index < -0.39 is 0 Å². The molecule has 0 amide bonds. The third-order valence-electron chi connectivity index (χ3n) is 5.28. The minimum Gasteiger partial charge on any atom is -0.399 e. The van der Waals surface area contributed by atoms with Gasteiger partial charge in [-0.3, -0.25) is 0 Å². The van der Waals surface area contributed by atoms with Gasteiger partial charge in [0.25, 0.3) is 0 Å². The largest absolute Gasteiger partial charge is 0.399 e. The number of nitrogens with two attached hydrogens (primary N) is 2. The first-order valence-electron chi connectivity index (χ1n) is 9.85. The Kier molecular flexibility index (Phi) is 5.13. The van der Waals surface area contributed by atoms with Gasteiger partial charge in [-0.2, -0.15) is 0 Å². The summed E-state index contributed by atoms with van der Waals surface area (Å²) in [5.74, 6) is 0. The highest BCUT2D eigenvalue weighted by atomic mass is 15.0. The number of hydrogen-bond acceptors (Lipinski definition) is 3. The monoisotopic (exact) mass is 370 g/mol. The topological polar surface area (TPSA) is 80.8 Å². The lowest BCUT2D eigenvalue weighted by Gasteiger charge is -2.24. The maximum atomic E-state index is 8.18. The van der Waals surface area contributed by atoms with Crippen LogP contribution >= 0.6 is 0 Å². The summed E-state index contributed by atoms with van der Waals surface area (Å²) in [6, 6.07) is 22.5. The number of nitrogens with one attached hydrogen (secondary N) is 1. The van der Waals surface area contributed by atoms with Crippen molar-refractivity contribution in [3.8, 4) is 22.5 Å². The minimum atomic E-state index is 0.525. The highest BCUT2D eigenvalue weighted by Crippen LogP contribution is 2.39. The molecule has 0 saturated carbocycles. The van der Waals surface area contributed by atoms with Crippen LogP contribution in [0.1, 0.15) is 19.3 Å². The number of nitrogen functional groups attached to an aromatic ring is 1. The SMILES string of the molecule is N=c1ccc2c3ccc(N)cc3c(-c3ccccc3)n(CCCCCN)c-2c1. The van der Waals surface area contributed by atoms with Gasteiger partial charge >= 0.3 is 0 Å². The lowest BCUT2D eigenvalue weighted by molar-refractivity contribution is 0.597. The maximum Gasteiger partial charge on any atom is 0.0565 e. The third kappa shape index (κ3) is 3.39. The van der Waals surface area contributed by atoms with E-state index in [1.165, 1.54) is 5.39 Å². The number of hydrogen-bond donors (Lipinski definition) is 3. The quantitative estimate of drug-likeness (QED) is 0.263. The van der Waals surface area contributed by atoms with E-state index in [0.29, 0.717) is 5.36 Å². The molecule has 2 aliphatic rings. The predicted molar refractivity (Wildman–Crippen MR) is 117 cm³/mol. The predicted octanol–water partition coefficient (Wildman–Crippen LogP) is 4.60. The molecule has 0 radical (unpaired) electrons. The summed E-state index contributed by atoms with van der Waals surface area (Å²) in [6.07, 6.45) is 3.17. The molecule has 0 saturated heterocycles. The third-order valence-corrected chi connectivity index (χ3v) is 5.28. The van der Waals surface area contributed by atoms with Gasteiger partial charge in [-0.25, -0.2) is 0 Å². The standard InChI is InChI=1S/C24H26N4/c25-13-5-2-6-14-28-23-16-19(27)10-12-21(23)20-11-9-18(26)15-22(20)24(28)17-7-3-1-4-8-17/h1,3-4,7-12,15-16,27H,2,5-6,13-14,25-26H2. The molecule has 2 aromatic rings. The van der Waals surface area contributed by atoms with Gasteiger partial charge in [0.2, 0.25) is 0 Å². The van der Waals surface area contributed by atoms with Crippen molar-refractivity contribution >= 4 is 16.5 Å². The number of unbranched alkanes of at least 4 members (excludes halogenated alkanes) is 2. The molecule has 1 aliphatic carbocycles. The van der Waals surface area contributed by atoms with Gasteiger partial charge in [0.05, 0.1) is 16.7 Å². The van der Waals surface area contributed by atoms with E-state index in [4.69, 9.17) is 16.9 Å². The van der Waals surface area contributed by atoms with E-state index in [0.717, 1.165) is 65.9 Å². The highest BCUT2D eigenvalue weighted by Gasteiger charge is 2.18. The molecule has 1 aliphatic heterocycles. The number of fused-ring (bicyclic) bond motifs is 3. The van der Waals surface area contributed by atoms with E-state index in [9.17, 15) is 0 Å². The average molecular weight is 371 g/mol. The smallest absolute Gasteiger partial charge is 0.0565 e. The molecule has 0 fully saturated rings. The van der Waals surface area contributed by atoms with Gasteiger partial charge in [-0.05, 0) is 54.6 Å². The number of rotatable bonds is 6. The molecule has 4 rings (SSSR count). The molecule has 28 heavy (non-hydrogen) atoms. The Morgan fingerprint density at radius 2 is 1.64 bits per heavy atom. The zero-order chi connectivity index (χ0) is 19.5. The Morgan fingerprint density at radius 1 is 0.821 bits per heavy atom. The minimum absolute atomic E-state index is 0.525. The van der Waals surface area contributed by atoms with Crippen molar-refractivity contribution in [2.75, 3.05) is 12.3 Å². The first kappa shape index (κ1) is 18.3. The number of pyridine rings is 1. The van der Waals surface area contributed by atoms with Crippen molar-refractivity contribution in [2.45, 2.75) is 25.8 Å². The van der Waals surface area contributed by atoms with Crippen LogP contribution in [0.15, 0.2) is 66.7 Å². The number of anilines is 1. The van der Waals surface area contributed by atoms with Crippen LogP contribution in [0.3, 0.4) is 0 Å². The summed E-state index contributed by atoms with van der Waals surface area (Å²) in [7, 11) is 0. The van der Waals surface area contributed by atoms with Gasteiger partial charge < -0.3 is 21.4 Å². The van der Waals surface area contributed by atoms with E-state index in [2.05, 4.69) is 47.0 Å². The van der Waals surface area contributed by atoms with E-state index in [-0.39, 0.29) is 0 Å². The van der Waals surface area contributed by atoms with Crippen LogP contribution in [0.5, 0.6) is 0 Å². The number of nitrogens with zero attached hydrogens (tertiary/aromatic N) is 1. The van der Waals surface area contributed by atoms with Crippen LogP contribution < -0.4 is 16.8 Å². The Morgan fingerprint density at radius 3 is 2.43 bits per heavy atom. The molecule has 4 nitrogen and oxygen atoms in total. The average Bonchev–Trinajstić information content (AvgIpc) is 2.71. The van der Waals surface area contributed by atoms with Gasteiger partial charge in [-0.1, -0.05) is 48.9 Å². The first-order chi connectivity index (χ1) is 13.7. The normalized spacial score (nSPS) is 11.3. The summed E-state index contributed by atoms with van der Waals surface area (Å²) < 4.78 is 2.36. The molecule has 0 bridgehead atoms. The van der Waals surface area contributed by atoms with Crippen LogP contribution in [0, 0.1) is 5.41 Å². The van der Waals surface area contributed by atoms with Gasteiger partial charge in [0.15, 0.2) is 0 Å². The summed E-state index contributed by atoms with van der Waals surface area (Å²) in [5.41, 5.74) is 17.2. The lowest BCUT2D eigenvalue weighted by Crippen LogP contribution is -2.13. The van der Waals surface area contributed by atoms with Crippen molar-refractivity contribution in [2.24, 2.45) is 5.73 Å². The van der Waals surface area contributed by atoms with Gasteiger partial charge in [0, 0.05) is 23.2 Å². The number of aromatic nitrogens is 1. The van der Waals surface area contributed by atoms with Crippen molar-refractivity contribution < 1.29 is 0 Å². The fraction of sp³-hybridized carbons (Fsp3) is 0.208. The van der Waals surface area contributed by atoms with E-state index in [1.807, 2.05) is 24.3 Å².